The van der Waals surface area contributed by atoms with Crippen LogP contribution in [0.15, 0.2) is 47.2 Å². The number of aromatic nitrogens is 2. The van der Waals surface area contributed by atoms with E-state index in [4.69, 9.17) is 9.47 Å². The minimum Gasteiger partial charge on any atom is -0.438 e. The third-order valence-electron chi connectivity index (χ3n) is 3.99. The van der Waals surface area contributed by atoms with E-state index in [1.807, 2.05) is 22.9 Å². The SMILES string of the molecule is C[Si](C)(C)CCOCn1ccc2c(Oc3ccc(Br)c(F)c3)nccc21. The van der Waals surface area contributed by atoms with E-state index in [9.17, 15) is 4.39 Å². The molecule has 3 aromatic rings. The van der Waals surface area contributed by atoms with Gasteiger partial charge in [0.15, 0.2) is 0 Å². The van der Waals surface area contributed by atoms with Gasteiger partial charge in [-0.2, -0.15) is 0 Å². The number of rotatable bonds is 7. The zero-order valence-electron chi connectivity index (χ0n) is 15.1. The molecule has 0 radical (unpaired) electrons. The summed E-state index contributed by atoms with van der Waals surface area (Å²) in [6, 6.07) is 9.64. The molecule has 0 bridgehead atoms. The van der Waals surface area contributed by atoms with Crippen molar-refractivity contribution in [3.05, 3.63) is 53.0 Å². The summed E-state index contributed by atoms with van der Waals surface area (Å²) in [5, 5.41) is 0.865. The second-order valence-electron chi connectivity index (χ2n) is 7.36. The fraction of sp³-hybridized carbons (Fsp3) is 0.316. The molecule has 0 aliphatic rings. The predicted molar refractivity (Wildman–Crippen MR) is 108 cm³/mol. The summed E-state index contributed by atoms with van der Waals surface area (Å²) in [4.78, 5) is 4.29. The van der Waals surface area contributed by atoms with Gasteiger partial charge in [0.25, 0.3) is 0 Å². The van der Waals surface area contributed by atoms with E-state index in [-0.39, 0.29) is 5.82 Å². The van der Waals surface area contributed by atoms with E-state index in [1.165, 1.54) is 6.07 Å². The number of nitrogens with zero attached hydrogens (tertiary/aromatic N) is 2. The molecule has 7 heteroatoms. The van der Waals surface area contributed by atoms with E-state index in [2.05, 4.69) is 40.6 Å². The molecule has 0 aliphatic heterocycles. The molecule has 0 saturated carbocycles. The summed E-state index contributed by atoms with van der Waals surface area (Å²) in [5.74, 6) is 0.484. The van der Waals surface area contributed by atoms with Gasteiger partial charge in [0.2, 0.25) is 5.88 Å². The average molecular weight is 437 g/mol. The molecule has 0 N–H and O–H groups in total. The molecule has 138 valence electrons. The van der Waals surface area contributed by atoms with E-state index in [0.29, 0.717) is 22.8 Å². The molecule has 0 saturated heterocycles. The predicted octanol–water partition coefficient (Wildman–Crippen LogP) is 6.04. The Morgan fingerprint density at radius 2 is 2.00 bits per heavy atom. The maximum Gasteiger partial charge on any atom is 0.228 e. The van der Waals surface area contributed by atoms with E-state index in [0.717, 1.165) is 23.6 Å². The molecule has 2 heterocycles. The van der Waals surface area contributed by atoms with Crippen molar-refractivity contribution >= 4 is 34.9 Å². The van der Waals surface area contributed by atoms with Crippen LogP contribution in [0.3, 0.4) is 0 Å². The van der Waals surface area contributed by atoms with E-state index >= 15 is 0 Å². The van der Waals surface area contributed by atoms with Gasteiger partial charge >= 0.3 is 0 Å². The lowest BCUT2D eigenvalue weighted by Gasteiger charge is -2.15. The minimum absolute atomic E-state index is 0.372. The van der Waals surface area contributed by atoms with Crippen LogP contribution < -0.4 is 4.74 Å². The summed E-state index contributed by atoms with van der Waals surface area (Å²) in [7, 11) is -1.09. The van der Waals surface area contributed by atoms with Crippen molar-refractivity contribution in [3.63, 3.8) is 0 Å². The van der Waals surface area contributed by atoms with Gasteiger partial charge in [0.05, 0.1) is 15.4 Å². The third-order valence-corrected chi connectivity index (χ3v) is 6.34. The van der Waals surface area contributed by atoms with Gasteiger partial charge in [-0.25, -0.2) is 9.37 Å². The Bertz CT molecular complexity index is 908. The number of hydrogen-bond acceptors (Lipinski definition) is 3. The highest BCUT2D eigenvalue weighted by Crippen LogP contribution is 2.30. The molecule has 3 rings (SSSR count). The molecule has 26 heavy (non-hydrogen) atoms. The van der Waals surface area contributed by atoms with Crippen molar-refractivity contribution in [2.45, 2.75) is 32.4 Å². The fourth-order valence-corrected chi connectivity index (χ4v) is 3.49. The number of halogens is 2. The monoisotopic (exact) mass is 436 g/mol. The lowest BCUT2D eigenvalue weighted by atomic mass is 10.3. The normalized spacial score (nSPS) is 11.9. The number of fused-ring (bicyclic) bond motifs is 1. The van der Waals surface area contributed by atoms with Crippen LogP contribution in [0.2, 0.25) is 25.7 Å². The van der Waals surface area contributed by atoms with Crippen LogP contribution in [-0.4, -0.2) is 24.2 Å². The van der Waals surface area contributed by atoms with Crippen LogP contribution in [0.5, 0.6) is 11.6 Å². The summed E-state index contributed by atoms with van der Waals surface area (Å²) < 4.78 is 27.7. The van der Waals surface area contributed by atoms with Gasteiger partial charge in [0.1, 0.15) is 18.3 Å². The summed E-state index contributed by atoms with van der Waals surface area (Å²) in [5.41, 5.74) is 0.973. The van der Waals surface area contributed by atoms with Crippen molar-refractivity contribution in [2.24, 2.45) is 0 Å². The standard InChI is InChI=1S/C19H22BrFN2O2Si/c1-26(2,3)11-10-24-13-23-9-7-15-18(23)6-8-22-19(15)25-14-4-5-16(20)17(21)12-14/h4-9,12H,10-11,13H2,1-3H3. The molecule has 0 spiro atoms. The first-order valence-electron chi connectivity index (χ1n) is 8.48. The number of pyridine rings is 1. The second kappa shape index (κ2) is 7.90. The van der Waals surface area contributed by atoms with Crippen LogP contribution >= 0.6 is 15.9 Å². The molecule has 0 unspecified atom stereocenters. The number of ether oxygens (including phenoxy) is 2. The smallest absolute Gasteiger partial charge is 0.228 e. The Morgan fingerprint density at radius 3 is 2.73 bits per heavy atom. The average Bonchev–Trinajstić information content (AvgIpc) is 2.98. The zero-order chi connectivity index (χ0) is 18.7. The van der Waals surface area contributed by atoms with E-state index < -0.39 is 8.07 Å². The largest absolute Gasteiger partial charge is 0.438 e. The first kappa shape index (κ1) is 19.1. The Kier molecular flexibility index (Phi) is 5.79. The number of benzene rings is 1. The highest BCUT2D eigenvalue weighted by molar-refractivity contribution is 9.10. The van der Waals surface area contributed by atoms with Gasteiger partial charge in [-0.1, -0.05) is 19.6 Å². The van der Waals surface area contributed by atoms with Crippen molar-refractivity contribution in [3.8, 4) is 11.6 Å². The first-order chi connectivity index (χ1) is 12.3. The lowest BCUT2D eigenvalue weighted by Crippen LogP contribution is -2.21. The molecule has 0 amide bonds. The maximum absolute atomic E-state index is 13.7. The Labute approximate surface area is 162 Å². The Hall–Kier alpha value is -1.70. The van der Waals surface area contributed by atoms with Gasteiger partial charge in [0, 0.05) is 33.1 Å². The molecule has 4 nitrogen and oxygen atoms in total. The third kappa shape index (κ3) is 4.72. The highest BCUT2D eigenvalue weighted by atomic mass is 79.9. The Balaban J connectivity index is 1.74. The molecule has 1 aromatic carbocycles. The molecule has 0 fully saturated rings. The van der Waals surface area contributed by atoms with E-state index in [1.54, 1.807) is 18.3 Å². The van der Waals surface area contributed by atoms with Gasteiger partial charge < -0.3 is 14.0 Å². The summed E-state index contributed by atoms with van der Waals surface area (Å²) >= 11 is 3.14. The fourth-order valence-electron chi connectivity index (χ4n) is 2.48. The first-order valence-corrected chi connectivity index (χ1v) is 13.0. The molecule has 2 aromatic heterocycles. The minimum atomic E-state index is -1.09. The quantitative estimate of drug-likeness (QED) is 0.334. The molecular weight excluding hydrogens is 415 g/mol. The van der Waals surface area contributed by atoms with Crippen LogP contribution in [0.1, 0.15) is 0 Å². The van der Waals surface area contributed by atoms with Gasteiger partial charge in [-0.3, -0.25) is 0 Å². The Morgan fingerprint density at radius 1 is 1.19 bits per heavy atom. The van der Waals surface area contributed by atoms with Crippen LogP contribution in [0, 0.1) is 5.82 Å². The maximum atomic E-state index is 13.7. The van der Waals surface area contributed by atoms with Crippen molar-refractivity contribution in [1.82, 2.24) is 9.55 Å². The number of hydrogen-bond donors (Lipinski definition) is 0. The van der Waals surface area contributed by atoms with Crippen LogP contribution in [0.25, 0.3) is 10.9 Å². The topological polar surface area (TPSA) is 36.3 Å². The summed E-state index contributed by atoms with van der Waals surface area (Å²) in [6.07, 6.45) is 3.64. The van der Waals surface area contributed by atoms with Crippen LogP contribution in [-0.2, 0) is 11.5 Å². The lowest BCUT2D eigenvalue weighted by molar-refractivity contribution is 0.0902. The van der Waals surface area contributed by atoms with Gasteiger partial charge in [-0.05, 0) is 46.2 Å². The van der Waals surface area contributed by atoms with Crippen molar-refractivity contribution < 1.29 is 13.9 Å². The molecular formula is C19H22BrFN2O2Si. The molecule has 0 aliphatic carbocycles. The summed E-state index contributed by atoms with van der Waals surface area (Å²) in [6.45, 7) is 8.26. The second-order valence-corrected chi connectivity index (χ2v) is 13.8. The highest BCUT2D eigenvalue weighted by Gasteiger charge is 2.13. The van der Waals surface area contributed by atoms with Crippen molar-refractivity contribution in [1.29, 1.82) is 0 Å². The zero-order valence-corrected chi connectivity index (χ0v) is 17.7. The van der Waals surface area contributed by atoms with Gasteiger partial charge in [-0.15, -0.1) is 0 Å². The molecule has 0 atom stereocenters. The van der Waals surface area contributed by atoms with Crippen LogP contribution in [0.4, 0.5) is 4.39 Å². The van der Waals surface area contributed by atoms with Crippen molar-refractivity contribution in [2.75, 3.05) is 6.61 Å².